The van der Waals surface area contributed by atoms with E-state index in [2.05, 4.69) is 10.4 Å². The molecule has 5 nitrogen and oxygen atoms in total. The monoisotopic (exact) mass is 231 g/mol. The highest BCUT2D eigenvalue weighted by atomic mass is 32.2. The van der Waals surface area contributed by atoms with Gasteiger partial charge in [0.1, 0.15) is 9.84 Å². The molecular weight excluding hydrogens is 214 g/mol. The van der Waals surface area contributed by atoms with E-state index in [9.17, 15) is 8.42 Å². The number of nitrogens with one attached hydrogen (secondary N) is 1. The fraction of sp³-hybridized carbons (Fsp3) is 0.667. The van der Waals surface area contributed by atoms with Gasteiger partial charge in [-0.15, -0.1) is 0 Å². The first-order chi connectivity index (χ1) is 6.92. The predicted octanol–water partition coefficient (Wildman–Crippen LogP) is 0.115. The van der Waals surface area contributed by atoms with Crippen molar-refractivity contribution in [2.75, 3.05) is 18.6 Å². The molecule has 0 radical (unpaired) electrons. The highest BCUT2D eigenvalue weighted by Gasteiger charge is 2.17. The van der Waals surface area contributed by atoms with Gasteiger partial charge in [0.15, 0.2) is 0 Å². The lowest BCUT2D eigenvalue weighted by Gasteiger charge is -2.14. The molecular formula is C9H17N3O2S. The summed E-state index contributed by atoms with van der Waals surface area (Å²) < 4.78 is 24.1. The fourth-order valence-corrected chi connectivity index (χ4v) is 2.36. The molecule has 6 heteroatoms. The normalized spacial score (nSPS) is 14.1. The van der Waals surface area contributed by atoms with E-state index < -0.39 is 9.84 Å². The second-order valence-corrected chi connectivity index (χ2v) is 5.83. The Kier molecular flexibility index (Phi) is 3.87. The summed E-state index contributed by atoms with van der Waals surface area (Å²) in [4.78, 5) is 0. The molecule has 0 bridgehead atoms. The Morgan fingerprint density at radius 1 is 1.60 bits per heavy atom. The van der Waals surface area contributed by atoms with E-state index in [-0.39, 0.29) is 11.8 Å². The summed E-state index contributed by atoms with van der Waals surface area (Å²) in [6.45, 7) is 2.68. The van der Waals surface area contributed by atoms with Gasteiger partial charge in [-0.1, -0.05) is 6.92 Å². The van der Waals surface area contributed by atoms with Gasteiger partial charge in [-0.2, -0.15) is 5.10 Å². The maximum absolute atomic E-state index is 11.2. The molecule has 0 aliphatic heterocycles. The highest BCUT2D eigenvalue weighted by molar-refractivity contribution is 7.90. The van der Waals surface area contributed by atoms with Crippen molar-refractivity contribution < 1.29 is 8.42 Å². The van der Waals surface area contributed by atoms with Crippen LogP contribution in [0.1, 0.15) is 18.5 Å². The first-order valence-corrected chi connectivity index (χ1v) is 6.88. The van der Waals surface area contributed by atoms with E-state index >= 15 is 0 Å². The third-order valence-corrected chi connectivity index (χ3v) is 2.99. The number of aryl methyl sites for hydroxylation is 1. The molecule has 0 amide bonds. The standard InChI is InChI=1S/C9H17N3O2S/c1-4-10-9(7-15(3,13)14)8-5-11-12(2)6-8/h5-6,9-10H,4,7H2,1-3H3. The molecule has 1 unspecified atom stereocenters. The van der Waals surface area contributed by atoms with Crippen LogP contribution < -0.4 is 5.32 Å². The van der Waals surface area contributed by atoms with E-state index in [0.717, 1.165) is 12.1 Å². The third kappa shape index (κ3) is 4.01. The summed E-state index contributed by atoms with van der Waals surface area (Å²) in [5, 5.41) is 7.17. The molecule has 0 aromatic carbocycles. The van der Waals surface area contributed by atoms with Gasteiger partial charge < -0.3 is 5.32 Å². The Hall–Kier alpha value is -0.880. The number of sulfone groups is 1. The van der Waals surface area contributed by atoms with Crippen LogP contribution in [-0.4, -0.2) is 36.8 Å². The maximum Gasteiger partial charge on any atom is 0.149 e. The van der Waals surface area contributed by atoms with Gasteiger partial charge in [0.25, 0.3) is 0 Å². The quantitative estimate of drug-likeness (QED) is 0.781. The van der Waals surface area contributed by atoms with E-state index in [1.807, 2.05) is 20.2 Å². The molecule has 1 aromatic heterocycles. The minimum absolute atomic E-state index is 0.104. The molecule has 0 saturated heterocycles. The molecule has 1 heterocycles. The number of aromatic nitrogens is 2. The van der Waals surface area contributed by atoms with Crippen molar-refractivity contribution in [2.24, 2.45) is 7.05 Å². The smallest absolute Gasteiger partial charge is 0.149 e. The molecule has 0 fully saturated rings. The molecule has 1 atom stereocenters. The summed E-state index contributed by atoms with van der Waals surface area (Å²) in [5.41, 5.74) is 0.907. The lowest BCUT2D eigenvalue weighted by molar-refractivity contribution is 0.563. The molecule has 86 valence electrons. The Morgan fingerprint density at radius 3 is 2.67 bits per heavy atom. The second kappa shape index (κ2) is 4.76. The van der Waals surface area contributed by atoms with Crippen LogP contribution in [0.25, 0.3) is 0 Å². The van der Waals surface area contributed by atoms with Gasteiger partial charge in [0.05, 0.1) is 11.9 Å². The van der Waals surface area contributed by atoms with Crippen LogP contribution in [0.5, 0.6) is 0 Å². The molecule has 15 heavy (non-hydrogen) atoms. The lowest BCUT2D eigenvalue weighted by Crippen LogP contribution is -2.27. The van der Waals surface area contributed by atoms with Crippen molar-refractivity contribution in [2.45, 2.75) is 13.0 Å². The van der Waals surface area contributed by atoms with Gasteiger partial charge in [-0.05, 0) is 6.54 Å². The van der Waals surface area contributed by atoms with E-state index in [1.54, 1.807) is 10.9 Å². The van der Waals surface area contributed by atoms with Crippen molar-refractivity contribution in [1.29, 1.82) is 0 Å². The van der Waals surface area contributed by atoms with E-state index in [4.69, 9.17) is 0 Å². The number of hydrogen-bond donors (Lipinski definition) is 1. The van der Waals surface area contributed by atoms with Gasteiger partial charge in [-0.25, -0.2) is 8.42 Å². The van der Waals surface area contributed by atoms with Crippen LogP contribution >= 0.6 is 0 Å². The summed E-state index contributed by atoms with van der Waals surface area (Å²) in [6.07, 6.45) is 4.77. The topological polar surface area (TPSA) is 64.0 Å². The average molecular weight is 231 g/mol. The van der Waals surface area contributed by atoms with Crippen LogP contribution in [-0.2, 0) is 16.9 Å². The average Bonchev–Trinajstić information content (AvgIpc) is 2.48. The molecule has 1 rings (SSSR count). The Morgan fingerprint density at radius 2 is 2.27 bits per heavy atom. The Balaban J connectivity index is 2.83. The minimum Gasteiger partial charge on any atom is -0.309 e. The number of nitrogens with zero attached hydrogens (tertiary/aromatic N) is 2. The van der Waals surface area contributed by atoms with E-state index in [0.29, 0.717) is 0 Å². The SMILES string of the molecule is CCNC(CS(C)(=O)=O)c1cnn(C)c1. The number of rotatable bonds is 5. The van der Waals surface area contributed by atoms with E-state index in [1.165, 1.54) is 6.26 Å². The highest BCUT2D eigenvalue weighted by Crippen LogP contribution is 2.13. The van der Waals surface area contributed by atoms with Crippen molar-refractivity contribution in [3.8, 4) is 0 Å². The molecule has 0 aliphatic rings. The molecule has 1 aromatic rings. The van der Waals surface area contributed by atoms with Crippen LogP contribution in [0.15, 0.2) is 12.4 Å². The van der Waals surface area contributed by atoms with Crippen molar-refractivity contribution in [1.82, 2.24) is 15.1 Å². The van der Waals surface area contributed by atoms with Gasteiger partial charge in [0.2, 0.25) is 0 Å². The minimum atomic E-state index is -2.98. The first-order valence-electron chi connectivity index (χ1n) is 4.82. The van der Waals surface area contributed by atoms with Crippen LogP contribution in [0, 0.1) is 0 Å². The summed E-state index contributed by atoms with van der Waals surface area (Å²) >= 11 is 0. The lowest BCUT2D eigenvalue weighted by atomic mass is 10.2. The summed E-state index contributed by atoms with van der Waals surface area (Å²) in [5.74, 6) is 0.104. The fourth-order valence-electron chi connectivity index (χ4n) is 1.44. The molecule has 1 N–H and O–H groups in total. The maximum atomic E-state index is 11.2. The number of hydrogen-bond acceptors (Lipinski definition) is 4. The third-order valence-electron chi connectivity index (χ3n) is 2.05. The second-order valence-electron chi connectivity index (χ2n) is 3.65. The summed E-state index contributed by atoms with van der Waals surface area (Å²) in [6, 6.07) is -0.168. The van der Waals surface area contributed by atoms with Gasteiger partial charge in [0, 0.05) is 31.1 Å². The zero-order valence-corrected chi connectivity index (χ0v) is 10.1. The van der Waals surface area contributed by atoms with Crippen LogP contribution in [0.3, 0.4) is 0 Å². The summed E-state index contributed by atoms with van der Waals surface area (Å²) in [7, 11) is -1.17. The van der Waals surface area contributed by atoms with Gasteiger partial charge in [-0.3, -0.25) is 4.68 Å². The molecule has 0 aliphatic carbocycles. The molecule has 0 spiro atoms. The Labute approximate surface area is 90.4 Å². The zero-order chi connectivity index (χ0) is 11.5. The first kappa shape index (κ1) is 12.2. The van der Waals surface area contributed by atoms with Crippen molar-refractivity contribution in [3.05, 3.63) is 18.0 Å². The Bertz CT molecular complexity index is 411. The van der Waals surface area contributed by atoms with Crippen LogP contribution in [0.4, 0.5) is 0 Å². The van der Waals surface area contributed by atoms with Crippen LogP contribution in [0.2, 0.25) is 0 Å². The van der Waals surface area contributed by atoms with Crippen molar-refractivity contribution >= 4 is 9.84 Å². The predicted molar refractivity (Wildman–Crippen MR) is 59.3 cm³/mol. The largest absolute Gasteiger partial charge is 0.309 e. The molecule has 0 saturated carbocycles. The van der Waals surface area contributed by atoms with Gasteiger partial charge >= 0.3 is 0 Å². The van der Waals surface area contributed by atoms with Crippen molar-refractivity contribution in [3.63, 3.8) is 0 Å². The zero-order valence-electron chi connectivity index (χ0n) is 9.27.